The van der Waals surface area contributed by atoms with Gasteiger partial charge in [0.15, 0.2) is 0 Å². The van der Waals surface area contributed by atoms with E-state index in [1.807, 2.05) is 6.07 Å². The molecule has 0 radical (unpaired) electrons. The lowest BCUT2D eigenvalue weighted by Gasteiger charge is -2.22. The van der Waals surface area contributed by atoms with Gasteiger partial charge in [0.05, 0.1) is 0 Å². The zero-order chi connectivity index (χ0) is 17.6. The summed E-state index contributed by atoms with van der Waals surface area (Å²) in [4.78, 5) is 0. The number of nitrogen functional groups attached to an aromatic ring is 1. The standard InChI is InChI=1S/C24H23N/c1-24(2,3)22-15-19(12-13-23(22)25)18-11-10-17-9-8-16-6-4-5-7-20(16)21(17)14-18/h4-15H,25H2,1-3H3. The topological polar surface area (TPSA) is 26.0 Å². The molecular formula is C24H23N. The molecule has 0 aliphatic carbocycles. The monoisotopic (exact) mass is 325 g/mol. The summed E-state index contributed by atoms with van der Waals surface area (Å²) in [5.41, 5.74) is 10.8. The van der Waals surface area contributed by atoms with Crippen LogP contribution in [0.5, 0.6) is 0 Å². The van der Waals surface area contributed by atoms with Gasteiger partial charge in [0.2, 0.25) is 0 Å². The van der Waals surface area contributed by atoms with Gasteiger partial charge < -0.3 is 5.73 Å². The number of anilines is 1. The Labute approximate surface area is 149 Å². The highest BCUT2D eigenvalue weighted by Gasteiger charge is 2.17. The van der Waals surface area contributed by atoms with Crippen LogP contribution in [0.3, 0.4) is 0 Å². The minimum atomic E-state index is 0.0314. The Balaban J connectivity index is 1.94. The molecule has 25 heavy (non-hydrogen) atoms. The average molecular weight is 325 g/mol. The van der Waals surface area contributed by atoms with Crippen LogP contribution in [0.25, 0.3) is 32.7 Å². The van der Waals surface area contributed by atoms with Gasteiger partial charge in [-0.25, -0.2) is 0 Å². The number of fused-ring (bicyclic) bond motifs is 3. The van der Waals surface area contributed by atoms with Crippen LogP contribution < -0.4 is 5.73 Å². The summed E-state index contributed by atoms with van der Waals surface area (Å²) < 4.78 is 0. The van der Waals surface area contributed by atoms with Crippen LogP contribution in [0.4, 0.5) is 5.69 Å². The van der Waals surface area contributed by atoms with Crippen LogP contribution in [-0.2, 0) is 5.41 Å². The molecule has 0 saturated heterocycles. The molecule has 0 fully saturated rings. The molecule has 0 aliphatic heterocycles. The van der Waals surface area contributed by atoms with E-state index in [2.05, 4.69) is 87.5 Å². The molecule has 4 aromatic carbocycles. The number of rotatable bonds is 1. The van der Waals surface area contributed by atoms with Crippen molar-refractivity contribution in [3.63, 3.8) is 0 Å². The molecule has 4 rings (SSSR count). The lowest BCUT2D eigenvalue weighted by Crippen LogP contribution is -2.13. The van der Waals surface area contributed by atoms with Crippen LogP contribution in [-0.4, -0.2) is 0 Å². The predicted octanol–water partition coefficient (Wildman–Crippen LogP) is 6.54. The summed E-state index contributed by atoms with van der Waals surface area (Å²) in [6.07, 6.45) is 0. The molecule has 0 bridgehead atoms. The summed E-state index contributed by atoms with van der Waals surface area (Å²) in [6.45, 7) is 6.61. The summed E-state index contributed by atoms with van der Waals surface area (Å²) in [5, 5.41) is 5.15. The van der Waals surface area contributed by atoms with Gasteiger partial charge in [-0.15, -0.1) is 0 Å². The van der Waals surface area contributed by atoms with E-state index in [1.165, 1.54) is 38.2 Å². The Kier molecular flexibility index (Phi) is 3.54. The highest BCUT2D eigenvalue weighted by Crippen LogP contribution is 2.34. The lowest BCUT2D eigenvalue weighted by atomic mass is 9.84. The van der Waals surface area contributed by atoms with Gasteiger partial charge >= 0.3 is 0 Å². The first-order valence-corrected chi connectivity index (χ1v) is 8.75. The fourth-order valence-corrected chi connectivity index (χ4v) is 3.57. The van der Waals surface area contributed by atoms with Gasteiger partial charge in [-0.05, 0) is 61.8 Å². The second kappa shape index (κ2) is 5.63. The summed E-state index contributed by atoms with van der Waals surface area (Å²) in [7, 11) is 0. The van der Waals surface area contributed by atoms with Gasteiger partial charge in [0.25, 0.3) is 0 Å². The van der Waals surface area contributed by atoms with Crippen molar-refractivity contribution in [1.82, 2.24) is 0 Å². The van der Waals surface area contributed by atoms with Gasteiger partial charge in [0.1, 0.15) is 0 Å². The van der Waals surface area contributed by atoms with Crippen LogP contribution in [0.1, 0.15) is 26.3 Å². The fourth-order valence-electron chi connectivity index (χ4n) is 3.57. The highest BCUT2D eigenvalue weighted by atomic mass is 14.6. The molecule has 1 nitrogen and oxygen atoms in total. The second-order valence-corrected chi connectivity index (χ2v) is 7.77. The average Bonchev–Trinajstić information content (AvgIpc) is 2.60. The molecule has 0 unspecified atom stereocenters. The number of benzene rings is 4. The van der Waals surface area contributed by atoms with Crippen LogP contribution in [0.15, 0.2) is 72.8 Å². The smallest absolute Gasteiger partial charge is 0.0352 e. The maximum Gasteiger partial charge on any atom is 0.0352 e. The van der Waals surface area contributed by atoms with Gasteiger partial charge in [-0.3, -0.25) is 0 Å². The van der Waals surface area contributed by atoms with Gasteiger partial charge in [-0.2, -0.15) is 0 Å². The maximum atomic E-state index is 6.22. The number of nitrogens with two attached hydrogens (primary N) is 1. The molecule has 124 valence electrons. The molecule has 1 heteroatoms. The van der Waals surface area contributed by atoms with Crippen molar-refractivity contribution in [3.8, 4) is 11.1 Å². The van der Waals surface area contributed by atoms with E-state index < -0.39 is 0 Å². The third-order valence-electron chi connectivity index (χ3n) is 4.94. The largest absolute Gasteiger partial charge is 0.398 e. The van der Waals surface area contributed by atoms with Crippen molar-refractivity contribution in [1.29, 1.82) is 0 Å². The Morgan fingerprint density at radius 3 is 2.00 bits per heavy atom. The Bertz CT molecular complexity index is 1080. The Morgan fingerprint density at radius 2 is 1.24 bits per heavy atom. The summed E-state index contributed by atoms with van der Waals surface area (Å²) >= 11 is 0. The van der Waals surface area contributed by atoms with E-state index in [1.54, 1.807) is 0 Å². The molecule has 0 amide bonds. The molecule has 2 N–H and O–H groups in total. The minimum absolute atomic E-state index is 0.0314. The van der Waals surface area contributed by atoms with Crippen LogP contribution in [0.2, 0.25) is 0 Å². The second-order valence-electron chi connectivity index (χ2n) is 7.77. The Hall–Kier alpha value is -2.80. The third kappa shape index (κ3) is 2.76. The van der Waals surface area contributed by atoms with E-state index in [0.717, 1.165) is 5.69 Å². The van der Waals surface area contributed by atoms with Gasteiger partial charge in [0, 0.05) is 5.69 Å². The van der Waals surface area contributed by atoms with Crippen molar-refractivity contribution in [2.45, 2.75) is 26.2 Å². The molecule has 0 saturated carbocycles. The predicted molar refractivity (Wildman–Crippen MR) is 110 cm³/mol. The SMILES string of the molecule is CC(C)(C)c1cc(-c2ccc3ccc4ccccc4c3c2)ccc1N. The normalized spacial score (nSPS) is 12.0. The highest BCUT2D eigenvalue weighted by molar-refractivity contribution is 6.08. The van der Waals surface area contributed by atoms with Crippen LogP contribution >= 0.6 is 0 Å². The molecule has 0 aliphatic rings. The zero-order valence-corrected chi connectivity index (χ0v) is 15.0. The van der Waals surface area contributed by atoms with Crippen molar-refractivity contribution in [3.05, 3.63) is 78.4 Å². The maximum absolute atomic E-state index is 6.22. The molecule has 0 aromatic heterocycles. The van der Waals surface area contributed by atoms with E-state index in [0.29, 0.717) is 0 Å². The van der Waals surface area contributed by atoms with Crippen molar-refractivity contribution in [2.75, 3.05) is 5.73 Å². The fraction of sp³-hybridized carbons (Fsp3) is 0.167. The molecule has 0 spiro atoms. The van der Waals surface area contributed by atoms with Crippen molar-refractivity contribution in [2.24, 2.45) is 0 Å². The third-order valence-corrected chi connectivity index (χ3v) is 4.94. The Morgan fingerprint density at radius 1 is 0.640 bits per heavy atom. The van der Waals surface area contributed by atoms with E-state index in [-0.39, 0.29) is 5.41 Å². The van der Waals surface area contributed by atoms with Crippen molar-refractivity contribution < 1.29 is 0 Å². The summed E-state index contributed by atoms with van der Waals surface area (Å²) in [6, 6.07) is 26.1. The molecule has 4 aromatic rings. The first kappa shape index (κ1) is 15.7. The zero-order valence-electron chi connectivity index (χ0n) is 15.0. The van der Waals surface area contributed by atoms with Crippen LogP contribution in [0, 0.1) is 0 Å². The van der Waals surface area contributed by atoms with Gasteiger partial charge in [-0.1, -0.05) is 75.4 Å². The van der Waals surface area contributed by atoms with E-state index >= 15 is 0 Å². The van der Waals surface area contributed by atoms with E-state index in [4.69, 9.17) is 5.73 Å². The van der Waals surface area contributed by atoms with E-state index in [9.17, 15) is 0 Å². The first-order valence-electron chi connectivity index (χ1n) is 8.75. The molecule has 0 heterocycles. The first-order chi connectivity index (χ1) is 11.9. The summed E-state index contributed by atoms with van der Waals surface area (Å²) in [5.74, 6) is 0. The molecule has 0 atom stereocenters. The number of hydrogen-bond acceptors (Lipinski definition) is 1. The number of hydrogen-bond donors (Lipinski definition) is 1. The molecular weight excluding hydrogens is 302 g/mol. The van der Waals surface area contributed by atoms with Crippen molar-refractivity contribution >= 4 is 27.2 Å². The lowest BCUT2D eigenvalue weighted by molar-refractivity contribution is 0.593. The minimum Gasteiger partial charge on any atom is -0.398 e. The quantitative estimate of drug-likeness (QED) is 0.312.